The van der Waals surface area contributed by atoms with Gasteiger partial charge in [-0.2, -0.15) is 0 Å². The van der Waals surface area contributed by atoms with Gasteiger partial charge in [-0.15, -0.1) is 0 Å². The lowest BCUT2D eigenvalue weighted by Gasteiger charge is -2.64. The minimum atomic E-state index is -1.80. The van der Waals surface area contributed by atoms with Crippen LogP contribution in [0.5, 0.6) is 0 Å². The highest BCUT2D eigenvalue weighted by Crippen LogP contribution is 2.63. The van der Waals surface area contributed by atoms with E-state index in [1.54, 1.807) is 0 Å². The van der Waals surface area contributed by atoms with Crippen LogP contribution >= 0.6 is 0 Å². The lowest BCUT2D eigenvalue weighted by molar-refractivity contribution is -0.193. The summed E-state index contributed by atoms with van der Waals surface area (Å²) in [6.07, 6.45) is 1.82. The molecular weight excluding hydrogens is 270 g/mol. The summed E-state index contributed by atoms with van der Waals surface area (Å²) in [4.78, 5) is 28.4. The molecule has 5 nitrogen and oxygen atoms in total. The van der Waals surface area contributed by atoms with Crippen molar-refractivity contribution in [3.05, 3.63) is 0 Å². The Morgan fingerprint density at radius 1 is 1.43 bits per heavy atom. The summed E-state index contributed by atoms with van der Waals surface area (Å²) >= 11 is 0. The Bertz CT molecular complexity index is 563. The summed E-state index contributed by atoms with van der Waals surface area (Å²) in [6.45, 7) is 8.94. The van der Waals surface area contributed by atoms with Crippen LogP contribution in [0.3, 0.4) is 0 Å². The molecule has 3 aliphatic carbocycles. The fourth-order valence-corrected chi connectivity index (χ4v) is 4.27. The lowest BCUT2D eigenvalue weighted by atomic mass is 9.43. The Balaban J connectivity index is 2.01. The summed E-state index contributed by atoms with van der Waals surface area (Å²) in [6, 6.07) is -1.14. The van der Waals surface area contributed by atoms with Crippen molar-refractivity contribution in [1.82, 2.24) is 0 Å². The third kappa shape index (κ3) is 1.70. The number of rotatable bonds is 2. The molecule has 116 valence electrons. The Labute approximate surface area is 124 Å². The number of ketones is 1. The lowest BCUT2D eigenvalue weighted by Crippen LogP contribution is -2.69. The second-order valence-electron chi connectivity index (χ2n) is 7.72. The second-order valence-corrected chi connectivity index (χ2v) is 7.72. The van der Waals surface area contributed by atoms with Crippen LogP contribution in [0.4, 0.5) is 0 Å². The number of carbonyl (C=O) groups is 2. The number of Topliss-reactive ketones (excluding diaryl/α,β-unsaturated/α-hetero) is 1. The number of aliphatic imine (C=N–C) groups is 1. The van der Waals surface area contributed by atoms with Gasteiger partial charge in [0.15, 0.2) is 23.0 Å². The summed E-state index contributed by atoms with van der Waals surface area (Å²) < 4.78 is 5.73. The number of hydrogen-bond acceptors (Lipinski definition) is 5. The van der Waals surface area contributed by atoms with Crippen LogP contribution in [-0.4, -0.2) is 39.8 Å². The van der Waals surface area contributed by atoms with Crippen LogP contribution in [0.25, 0.3) is 0 Å². The van der Waals surface area contributed by atoms with Crippen LogP contribution in [0.1, 0.15) is 47.5 Å². The molecule has 0 aromatic carbocycles. The summed E-state index contributed by atoms with van der Waals surface area (Å²) in [7, 11) is 0. The normalized spacial score (nSPS) is 42.9. The van der Waals surface area contributed by atoms with Gasteiger partial charge in [0.25, 0.3) is 0 Å². The molecule has 21 heavy (non-hydrogen) atoms. The summed E-state index contributed by atoms with van der Waals surface area (Å²) in [5.41, 5.74) is -1.51. The number of ether oxygens (including phenoxy) is 1. The summed E-state index contributed by atoms with van der Waals surface area (Å²) in [5.74, 6) is -0.273. The topological polar surface area (TPSA) is 76.0 Å². The van der Waals surface area contributed by atoms with Gasteiger partial charge in [0, 0.05) is 5.92 Å². The van der Waals surface area contributed by atoms with Crippen molar-refractivity contribution in [2.24, 2.45) is 22.2 Å². The van der Waals surface area contributed by atoms with Crippen LogP contribution in [-0.2, 0) is 14.3 Å². The maximum atomic E-state index is 12.3. The van der Waals surface area contributed by atoms with E-state index in [1.165, 1.54) is 13.8 Å². The van der Waals surface area contributed by atoms with Gasteiger partial charge in [0.1, 0.15) is 0 Å². The highest BCUT2D eigenvalue weighted by atomic mass is 16.6. The van der Waals surface area contributed by atoms with Crippen molar-refractivity contribution >= 4 is 17.5 Å². The molecule has 3 saturated carbocycles. The van der Waals surface area contributed by atoms with E-state index < -0.39 is 29.0 Å². The molecule has 1 heterocycles. The van der Waals surface area contributed by atoms with E-state index >= 15 is 0 Å². The van der Waals surface area contributed by atoms with Gasteiger partial charge in [-0.3, -0.25) is 9.79 Å². The molecule has 0 spiro atoms. The number of nitrogens with zero attached hydrogens (tertiary/aromatic N) is 1. The summed E-state index contributed by atoms with van der Waals surface area (Å²) in [5, 5.41) is 10.3. The molecule has 2 bridgehead atoms. The third-order valence-corrected chi connectivity index (χ3v) is 6.21. The van der Waals surface area contributed by atoms with Gasteiger partial charge in [0.05, 0.1) is 5.71 Å². The van der Waals surface area contributed by atoms with Crippen molar-refractivity contribution in [3.63, 3.8) is 0 Å². The van der Waals surface area contributed by atoms with Crippen LogP contribution < -0.4 is 0 Å². The van der Waals surface area contributed by atoms with E-state index in [2.05, 4.69) is 18.8 Å². The van der Waals surface area contributed by atoms with E-state index in [-0.39, 0.29) is 11.3 Å². The number of hydrogen-bond donors (Lipinski definition) is 1. The van der Waals surface area contributed by atoms with Gasteiger partial charge >= 0.3 is 5.97 Å². The molecule has 1 N–H and O–H groups in total. The molecule has 0 amide bonds. The molecular formula is C16H23NO4. The van der Waals surface area contributed by atoms with Gasteiger partial charge < -0.3 is 9.84 Å². The fourth-order valence-electron chi connectivity index (χ4n) is 4.27. The average Bonchev–Trinajstić information content (AvgIpc) is 2.35. The Morgan fingerprint density at radius 3 is 2.57 bits per heavy atom. The Morgan fingerprint density at radius 2 is 2.05 bits per heavy atom. The average molecular weight is 293 g/mol. The van der Waals surface area contributed by atoms with Gasteiger partial charge in [-0.05, 0) is 44.9 Å². The monoisotopic (exact) mass is 293 g/mol. The highest BCUT2D eigenvalue weighted by molar-refractivity contribution is 6.03. The predicted octanol–water partition coefficient (Wildman–Crippen LogP) is 1.52. The van der Waals surface area contributed by atoms with Crippen molar-refractivity contribution in [1.29, 1.82) is 0 Å². The van der Waals surface area contributed by atoms with Gasteiger partial charge in [-0.25, -0.2) is 4.79 Å². The van der Waals surface area contributed by atoms with Crippen LogP contribution in [0, 0.1) is 17.3 Å². The van der Waals surface area contributed by atoms with E-state index in [0.29, 0.717) is 5.92 Å². The molecule has 0 aromatic rings. The minimum absolute atomic E-state index is 0.143. The number of esters is 1. The molecule has 4 rings (SSSR count). The first-order valence-electron chi connectivity index (χ1n) is 7.54. The molecule has 0 radical (unpaired) electrons. The van der Waals surface area contributed by atoms with E-state index in [4.69, 9.17) is 4.74 Å². The van der Waals surface area contributed by atoms with E-state index in [0.717, 1.165) is 18.6 Å². The van der Waals surface area contributed by atoms with Crippen molar-refractivity contribution in [3.8, 4) is 0 Å². The first-order valence-corrected chi connectivity index (χ1v) is 7.54. The van der Waals surface area contributed by atoms with Crippen molar-refractivity contribution < 1.29 is 19.4 Å². The number of carbonyl (C=O) groups excluding carboxylic acids is 2. The smallest absolute Gasteiger partial charge is 0.335 e. The quantitative estimate of drug-likeness (QED) is 0.783. The molecule has 0 aromatic heterocycles. The largest absolute Gasteiger partial charge is 0.451 e. The predicted molar refractivity (Wildman–Crippen MR) is 77.0 cm³/mol. The van der Waals surface area contributed by atoms with Crippen molar-refractivity contribution in [2.75, 3.05) is 0 Å². The molecule has 5 heteroatoms. The van der Waals surface area contributed by atoms with Crippen molar-refractivity contribution in [2.45, 2.75) is 64.7 Å². The standard InChI is InChI=1S/C16H23NO4/c1-8(18)15(4,20)12-13(19)21-16(5)10-6-9(14(10,2)3)7-11(16)17-12/h9-10,12,20H,6-7H2,1-5H3/t9-,10-,12+,15?,16-/m0/s1. The van der Waals surface area contributed by atoms with Gasteiger partial charge in [0.2, 0.25) is 0 Å². The molecule has 1 aliphatic heterocycles. The molecule has 5 atom stereocenters. The zero-order valence-electron chi connectivity index (χ0n) is 13.3. The maximum absolute atomic E-state index is 12.3. The second kappa shape index (κ2) is 3.94. The third-order valence-electron chi connectivity index (χ3n) is 6.21. The molecule has 1 unspecified atom stereocenters. The Kier molecular flexibility index (Phi) is 2.76. The van der Waals surface area contributed by atoms with E-state index in [1.807, 2.05) is 6.92 Å². The fraction of sp³-hybridized carbons (Fsp3) is 0.812. The van der Waals surface area contributed by atoms with Crippen LogP contribution in [0.2, 0.25) is 0 Å². The first-order chi connectivity index (χ1) is 9.51. The minimum Gasteiger partial charge on any atom is -0.451 e. The van der Waals surface area contributed by atoms with Crippen LogP contribution in [0.15, 0.2) is 4.99 Å². The zero-order valence-corrected chi connectivity index (χ0v) is 13.3. The zero-order chi connectivity index (χ0) is 15.8. The van der Waals surface area contributed by atoms with Gasteiger partial charge in [-0.1, -0.05) is 13.8 Å². The highest BCUT2D eigenvalue weighted by Gasteiger charge is 2.66. The first kappa shape index (κ1) is 14.7. The molecule has 4 aliphatic rings. The SMILES string of the molecule is CC(=O)C(C)(O)[C@@H]1N=C2C[C@@H]3C[C@@H](C3(C)C)[C@]2(C)OC1=O. The molecule has 3 fully saturated rings. The maximum Gasteiger partial charge on any atom is 0.335 e. The Hall–Kier alpha value is -1.23. The van der Waals surface area contributed by atoms with E-state index in [9.17, 15) is 14.7 Å². The number of aliphatic hydroxyl groups is 1. The molecule has 0 saturated heterocycles.